The number of hydrogen-bond acceptors (Lipinski definition) is 5. The van der Waals surface area contributed by atoms with E-state index in [0.717, 1.165) is 34.5 Å². The zero-order valence-corrected chi connectivity index (χ0v) is 16.5. The first-order valence-electron chi connectivity index (χ1n) is 8.90. The first kappa shape index (κ1) is 19.9. The van der Waals surface area contributed by atoms with Crippen molar-refractivity contribution in [3.63, 3.8) is 0 Å². The number of rotatable bonds is 5. The van der Waals surface area contributed by atoms with E-state index in [1.165, 1.54) is 18.3 Å². The minimum atomic E-state index is -4.42. The number of nitrogens with one attached hydrogen (secondary N) is 2. The molecule has 0 radical (unpaired) electrons. The number of alkyl halides is 3. The van der Waals surface area contributed by atoms with Crippen molar-refractivity contribution in [3.8, 4) is 0 Å². The highest BCUT2D eigenvalue weighted by molar-refractivity contribution is 7.17. The van der Waals surface area contributed by atoms with E-state index in [1.807, 2.05) is 35.9 Å². The van der Waals surface area contributed by atoms with Crippen LogP contribution in [0.3, 0.4) is 0 Å². The van der Waals surface area contributed by atoms with Gasteiger partial charge in [0.05, 0.1) is 22.8 Å². The summed E-state index contributed by atoms with van der Waals surface area (Å²) >= 11 is 1.13. The molecule has 0 aliphatic rings. The number of para-hydroxylation sites is 2. The maximum absolute atomic E-state index is 12.8. The monoisotopic (exact) mass is 431 g/mol. The Balaban J connectivity index is 1.42. The summed E-state index contributed by atoms with van der Waals surface area (Å²) in [5.41, 5.74) is 1.40. The van der Waals surface area contributed by atoms with Gasteiger partial charge in [-0.25, -0.2) is 9.97 Å². The van der Waals surface area contributed by atoms with Gasteiger partial charge in [-0.2, -0.15) is 13.2 Å². The number of carbonyl (C=O) groups excluding carboxylic acids is 1. The van der Waals surface area contributed by atoms with E-state index in [2.05, 4.69) is 20.6 Å². The van der Waals surface area contributed by atoms with Crippen LogP contribution in [0.25, 0.3) is 11.0 Å². The Kier molecular flexibility index (Phi) is 5.17. The average molecular weight is 431 g/mol. The molecular formula is C20H16F3N5OS. The van der Waals surface area contributed by atoms with E-state index in [0.29, 0.717) is 21.5 Å². The van der Waals surface area contributed by atoms with Crippen LogP contribution in [-0.2, 0) is 19.8 Å². The van der Waals surface area contributed by atoms with E-state index in [9.17, 15) is 18.0 Å². The molecule has 0 saturated heterocycles. The van der Waals surface area contributed by atoms with Gasteiger partial charge in [0.1, 0.15) is 4.88 Å². The van der Waals surface area contributed by atoms with Gasteiger partial charge in [-0.1, -0.05) is 35.6 Å². The van der Waals surface area contributed by atoms with Crippen molar-refractivity contribution >= 4 is 39.4 Å². The van der Waals surface area contributed by atoms with Crippen molar-refractivity contribution in [1.82, 2.24) is 19.9 Å². The minimum Gasteiger partial charge on any atom is -0.347 e. The fraction of sp³-hybridized carbons (Fsp3) is 0.150. The smallest absolute Gasteiger partial charge is 0.347 e. The highest BCUT2D eigenvalue weighted by Crippen LogP contribution is 2.29. The third-order valence-electron chi connectivity index (χ3n) is 4.44. The number of fused-ring (bicyclic) bond motifs is 1. The van der Waals surface area contributed by atoms with E-state index in [1.54, 1.807) is 0 Å². The van der Waals surface area contributed by atoms with Crippen LogP contribution in [0, 0.1) is 0 Å². The van der Waals surface area contributed by atoms with E-state index in [-0.39, 0.29) is 6.54 Å². The molecule has 2 aromatic carbocycles. The van der Waals surface area contributed by atoms with Crippen LogP contribution in [0.4, 0.5) is 24.3 Å². The van der Waals surface area contributed by atoms with Crippen LogP contribution in [0.2, 0.25) is 0 Å². The standard InChI is InChI=1S/C20H16F3N5OS/c1-28-15-8-3-2-7-14(15)26-18(28)27-19-25-11-16(30-19)17(29)24-10-12-5-4-6-13(9-12)20(21,22)23/h2-9,11H,10H2,1H3,(H,24,29)(H,25,26,27). The summed E-state index contributed by atoms with van der Waals surface area (Å²) in [4.78, 5) is 21.4. The van der Waals surface area contributed by atoms with Gasteiger partial charge < -0.3 is 15.2 Å². The molecule has 0 unspecified atom stereocenters. The van der Waals surface area contributed by atoms with Crippen molar-refractivity contribution in [1.29, 1.82) is 0 Å². The molecule has 0 saturated carbocycles. The summed E-state index contributed by atoms with van der Waals surface area (Å²) < 4.78 is 40.3. The molecular weight excluding hydrogens is 415 g/mol. The Bertz CT molecular complexity index is 1210. The second-order valence-corrected chi connectivity index (χ2v) is 7.55. The van der Waals surface area contributed by atoms with Crippen LogP contribution in [0.5, 0.6) is 0 Å². The molecule has 0 aliphatic carbocycles. The molecule has 0 atom stereocenters. The molecule has 6 nitrogen and oxygen atoms in total. The molecule has 0 fully saturated rings. The topological polar surface area (TPSA) is 71.8 Å². The lowest BCUT2D eigenvalue weighted by molar-refractivity contribution is -0.137. The third-order valence-corrected chi connectivity index (χ3v) is 5.35. The average Bonchev–Trinajstić information content (AvgIpc) is 3.31. The number of imidazole rings is 1. The van der Waals surface area contributed by atoms with Gasteiger partial charge in [0, 0.05) is 13.6 Å². The summed E-state index contributed by atoms with van der Waals surface area (Å²) in [6.07, 6.45) is -3.01. The molecule has 2 N–H and O–H groups in total. The molecule has 154 valence electrons. The molecule has 2 aromatic heterocycles. The predicted molar refractivity (Wildman–Crippen MR) is 109 cm³/mol. The fourth-order valence-corrected chi connectivity index (χ4v) is 3.64. The number of carbonyl (C=O) groups is 1. The Morgan fingerprint density at radius 3 is 2.73 bits per heavy atom. The summed E-state index contributed by atoms with van der Waals surface area (Å²) in [6, 6.07) is 12.5. The SMILES string of the molecule is Cn1c(Nc2ncc(C(=O)NCc3cccc(C(F)(F)F)c3)s2)nc2ccccc21. The van der Waals surface area contributed by atoms with Crippen molar-refractivity contribution in [2.24, 2.45) is 7.05 Å². The molecule has 4 rings (SSSR count). The molecule has 2 heterocycles. The zero-order chi connectivity index (χ0) is 21.3. The lowest BCUT2D eigenvalue weighted by Crippen LogP contribution is -2.22. The number of nitrogens with zero attached hydrogens (tertiary/aromatic N) is 3. The van der Waals surface area contributed by atoms with Crippen LogP contribution < -0.4 is 10.6 Å². The van der Waals surface area contributed by atoms with Crippen molar-refractivity contribution in [2.75, 3.05) is 5.32 Å². The highest BCUT2D eigenvalue weighted by atomic mass is 32.1. The summed E-state index contributed by atoms with van der Waals surface area (Å²) in [5.74, 6) is 0.171. The maximum atomic E-state index is 12.8. The van der Waals surface area contributed by atoms with Gasteiger partial charge in [0.25, 0.3) is 5.91 Å². The van der Waals surface area contributed by atoms with E-state index in [4.69, 9.17) is 0 Å². The van der Waals surface area contributed by atoms with Crippen molar-refractivity contribution < 1.29 is 18.0 Å². The first-order valence-corrected chi connectivity index (χ1v) is 9.71. The zero-order valence-electron chi connectivity index (χ0n) is 15.7. The van der Waals surface area contributed by atoms with Gasteiger partial charge >= 0.3 is 6.18 Å². The van der Waals surface area contributed by atoms with Crippen LogP contribution in [0.15, 0.2) is 54.7 Å². The number of aryl methyl sites for hydroxylation is 1. The molecule has 1 amide bonds. The van der Waals surface area contributed by atoms with Gasteiger partial charge in [0.15, 0.2) is 5.13 Å². The number of aromatic nitrogens is 3. The molecule has 30 heavy (non-hydrogen) atoms. The Hall–Kier alpha value is -3.40. The van der Waals surface area contributed by atoms with Crippen molar-refractivity contribution in [2.45, 2.75) is 12.7 Å². The van der Waals surface area contributed by atoms with Crippen LogP contribution in [-0.4, -0.2) is 20.4 Å². The van der Waals surface area contributed by atoms with Crippen molar-refractivity contribution in [3.05, 3.63) is 70.7 Å². The normalized spacial score (nSPS) is 11.6. The highest BCUT2D eigenvalue weighted by Gasteiger charge is 2.30. The maximum Gasteiger partial charge on any atom is 0.416 e. The molecule has 10 heteroatoms. The quantitative estimate of drug-likeness (QED) is 0.480. The number of benzene rings is 2. The number of amides is 1. The van der Waals surface area contributed by atoms with Crippen LogP contribution >= 0.6 is 11.3 Å². The largest absolute Gasteiger partial charge is 0.416 e. The van der Waals surface area contributed by atoms with E-state index >= 15 is 0 Å². The molecule has 0 aliphatic heterocycles. The summed E-state index contributed by atoms with van der Waals surface area (Å²) in [7, 11) is 1.87. The first-order chi connectivity index (χ1) is 14.3. The molecule has 4 aromatic rings. The summed E-state index contributed by atoms with van der Waals surface area (Å²) in [5, 5.41) is 6.19. The summed E-state index contributed by atoms with van der Waals surface area (Å²) in [6.45, 7) is -0.0197. The molecule has 0 spiro atoms. The van der Waals surface area contributed by atoms with Crippen LogP contribution in [0.1, 0.15) is 20.8 Å². The van der Waals surface area contributed by atoms with Gasteiger partial charge in [-0.3, -0.25) is 4.79 Å². The lowest BCUT2D eigenvalue weighted by Gasteiger charge is -2.09. The van der Waals surface area contributed by atoms with Gasteiger partial charge in [-0.05, 0) is 29.8 Å². The number of thiazole rings is 1. The second kappa shape index (κ2) is 7.79. The molecule has 0 bridgehead atoms. The Morgan fingerprint density at radius 1 is 1.17 bits per heavy atom. The Labute approximate surface area is 173 Å². The fourth-order valence-electron chi connectivity index (χ4n) is 2.92. The minimum absolute atomic E-state index is 0.0197. The van der Waals surface area contributed by atoms with Gasteiger partial charge in [-0.15, -0.1) is 0 Å². The third kappa shape index (κ3) is 4.13. The Morgan fingerprint density at radius 2 is 1.97 bits per heavy atom. The number of anilines is 2. The number of halogens is 3. The second-order valence-electron chi connectivity index (χ2n) is 6.52. The van der Waals surface area contributed by atoms with E-state index < -0.39 is 17.6 Å². The number of hydrogen-bond donors (Lipinski definition) is 2. The van der Waals surface area contributed by atoms with Gasteiger partial charge in [0.2, 0.25) is 5.95 Å². The lowest BCUT2D eigenvalue weighted by atomic mass is 10.1. The predicted octanol–water partition coefficient (Wildman–Crippen LogP) is 4.72.